The largest absolute Gasteiger partial charge is 0.366 e. The molecule has 0 saturated heterocycles. The van der Waals surface area contributed by atoms with Gasteiger partial charge < -0.3 is 10.3 Å². The first kappa shape index (κ1) is 16.5. The van der Waals surface area contributed by atoms with Gasteiger partial charge in [0.1, 0.15) is 11.6 Å². The van der Waals surface area contributed by atoms with Crippen LogP contribution in [0.2, 0.25) is 5.02 Å². The van der Waals surface area contributed by atoms with Crippen LogP contribution in [0.5, 0.6) is 0 Å². The summed E-state index contributed by atoms with van der Waals surface area (Å²) in [6.45, 7) is 0.0450. The van der Waals surface area contributed by atoms with Gasteiger partial charge in [-0.3, -0.25) is 4.79 Å². The highest BCUT2D eigenvalue weighted by molar-refractivity contribution is 6.36. The molecule has 0 bridgehead atoms. The van der Waals surface area contributed by atoms with Crippen molar-refractivity contribution in [3.8, 4) is 0 Å². The minimum absolute atomic E-state index is 0.0450. The Morgan fingerprint density at radius 2 is 2.00 bits per heavy atom. The molecule has 26 heavy (non-hydrogen) atoms. The molecule has 0 atom stereocenters. The van der Waals surface area contributed by atoms with Gasteiger partial charge in [-0.1, -0.05) is 23.7 Å². The van der Waals surface area contributed by atoms with Gasteiger partial charge >= 0.3 is 0 Å². The summed E-state index contributed by atoms with van der Waals surface area (Å²) in [4.78, 5) is 11.9. The van der Waals surface area contributed by atoms with Crippen LogP contribution in [0.25, 0.3) is 21.8 Å². The lowest BCUT2D eigenvalue weighted by molar-refractivity contribution is 0.100. The molecule has 3 aromatic carbocycles. The Kier molecular flexibility index (Phi) is 3.89. The number of aromatic nitrogens is 1. The fourth-order valence-electron chi connectivity index (χ4n) is 3.27. The molecule has 1 heterocycles. The van der Waals surface area contributed by atoms with Gasteiger partial charge in [0.25, 0.3) is 0 Å². The zero-order valence-corrected chi connectivity index (χ0v) is 14.1. The number of rotatable bonds is 3. The summed E-state index contributed by atoms with van der Waals surface area (Å²) in [6.07, 6.45) is 0. The summed E-state index contributed by atoms with van der Waals surface area (Å²) in [7, 11) is 0. The number of carbonyl (C=O) groups excluding carboxylic acids is 1. The Morgan fingerprint density at radius 1 is 1.19 bits per heavy atom. The molecule has 0 aliphatic rings. The Morgan fingerprint density at radius 3 is 2.77 bits per heavy atom. The van der Waals surface area contributed by atoms with E-state index in [2.05, 4.69) is 6.07 Å². The highest BCUT2D eigenvalue weighted by Gasteiger charge is 2.19. The minimum atomic E-state index is -0.583. The van der Waals surface area contributed by atoms with Gasteiger partial charge in [-0.15, -0.1) is 0 Å². The zero-order chi connectivity index (χ0) is 18.4. The molecule has 4 aromatic rings. The zero-order valence-electron chi connectivity index (χ0n) is 13.4. The highest BCUT2D eigenvalue weighted by atomic mass is 35.5. The third-order valence-corrected chi connectivity index (χ3v) is 4.68. The number of nitrogens with two attached hydrogens (primary N) is 1. The van der Waals surface area contributed by atoms with Gasteiger partial charge in [0.15, 0.2) is 0 Å². The van der Waals surface area contributed by atoms with E-state index in [1.807, 2.05) is 0 Å². The van der Waals surface area contributed by atoms with Crippen molar-refractivity contribution < 1.29 is 13.6 Å². The minimum Gasteiger partial charge on any atom is -0.366 e. The van der Waals surface area contributed by atoms with Crippen LogP contribution in [0.1, 0.15) is 15.9 Å². The van der Waals surface area contributed by atoms with Gasteiger partial charge in [0, 0.05) is 21.9 Å². The molecule has 6 heteroatoms. The Hall–Kier alpha value is -2.92. The molecule has 1 radical (unpaired) electrons. The monoisotopic (exact) mass is 369 g/mol. The van der Waals surface area contributed by atoms with E-state index in [9.17, 15) is 13.6 Å². The van der Waals surface area contributed by atoms with Gasteiger partial charge in [0.2, 0.25) is 5.91 Å². The molecule has 0 aliphatic heterocycles. The summed E-state index contributed by atoms with van der Waals surface area (Å²) >= 11 is 6.38. The predicted octanol–water partition coefficient (Wildman–Crippen LogP) is 4.67. The average molecular weight is 370 g/mol. The first-order valence-electron chi connectivity index (χ1n) is 7.82. The summed E-state index contributed by atoms with van der Waals surface area (Å²) in [5.74, 6) is -1.64. The van der Waals surface area contributed by atoms with Crippen molar-refractivity contribution in [1.82, 2.24) is 4.57 Å². The predicted molar refractivity (Wildman–Crippen MR) is 97.3 cm³/mol. The van der Waals surface area contributed by atoms with Gasteiger partial charge in [-0.25, -0.2) is 8.78 Å². The molecule has 129 valence electrons. The van der Waals surface area contributed by atoms with Crippen LogP contribution >= 0.6 is 11.6 Å². The number of hydrogen-bond donors (Lipinski definition) is 1. The van der Waals surface area contributed by atoms with Crippen molar-refractivity contribution in [2.75, 3.05) is 0 Å². The van der Waals surface area contributed by atoms with Crippen molar-refractivity contribution in [3.63, 3.8) is 0 Å². The molecular formula is C20H12ClF2N2O. The standard InChI is InChI=1S/C20H12ClF2N2O/c21-15-5-1-3-13-18-14(20(24)26)4-2-6-17(18)25(19(13)15)10-11-9-12(22)7-8-16(11)23/h1-2,4-9H,10H2,(H2,24,26). The van der Waals surface area contributed by atoms with E-state index in [4.69, 9.17) is 17.3 Å². The molecule has 4 rings (SSSR count). The third-order valence-electron chi connectivity index (χ3n) is 4.38. The molecule has 1 amide bonds. The molecule has 0 saturated carbocycles. The topological polar surface area (TPSA) is 48.0 Å². The van der Waals surface area contributed by atoms with Crippen molar-refractivity contribution in [1.29, 1.82) is 0 Å². The Bertz CT molecular complexity index is 1180. The van der Waals surface area contributed by atoms with E-state index in [0.717, 1.165) is 18.2 Å². The van der Waals surface area contributed by atoms with Crippen molar-refractivity contribution in [3.05, 3.63) is 82.4 Å². The number of carbonyl (C=O) groups is 1. The maximum Gasteiger partial charge on any atom is 0.249 e. The number of halogens is 3. The number of primary amides is 1. The summed E-state index contributed by atoms with van der Waals surface area (Å²) in [5.41, 5.74) is 7.24. The van der Waals surface area contributed by atoms with E-state index >= 15 is 0 Å². The Balaban J connectivity index is 2.09. The number of fused-ring (bicyclic) bond motifs is 3. The molecular weight excluding hydrogens is 358 g/mol. The van der Waals surface area contributed by atoms with E-state index in [1.165, 1.54) is 0 Å². The number of hydrogen-bond acceptors (Lipinski definition) is 1. The van der Waals surface area contributed by atoms with E-state index < -0.39 is 17.5 Å². The lowest BCUT2D eigenvalue weighted by atomic mass is 10.1. The molecule has 0 unspecified atom stereocenters. The fraction of sp³-hybridized carbons (Fsp3) is 0.0500. The van der Waals surface area contributed by atoms with Crippen LogP contribution in [0, 0.1) is 17.7 Å². The first-order chi connectivity index (χ1) is 12.5. The van der Waals surface area contributed by atoms with Crippen LogP contribution < -0.4 is 5.73 Å². The maximum atomic E-state index is 14.2. The smallest absolute Gasteiger partial charge is 0.249 e. The van der Waals surface area contributed by atoms with Gasteiger partial charge in [0.05, 0.1) is 22.6 Å². The second-order valence-corrected chi connectivity index (χ2v) is 6.34. The van der Waals surface area contributed by atoms with Crippen LogP contribution in [0.15, 0.2) is 48.5 Å². The van der Waals surface area contributed by atoms with Crippen molar-refractivity contribution >= 4 is 39.3 Å². The van der Waals surface area contributed by atoms with Crippen LogP contribution in [-0.4, -0.2) is 10.5 Å². The number of amides is 1. The van der Waals surface area contributed by atoms with Crippen LogP contribution in [0.3, 0.4) is 0 Å². The van der Waals surface area contributed by atoms with E-state index in [1.54, 1.807) is 34.9 Å². The number of nitrogens with zero attached hydrogens (tertiary/aromatic N) is 1. The SMILES string of the molecule is NC(=O)c1cccc2c1c1[c]ccc(Cl)c1n2Cc1cc(F)ccc1F. The second-order valence-electron chi connectivity index (χ2n) is 5.94. The molecule has 2 N–H and O–H groups in total. The lowest BCUT2D eigenvalue weighted by Gasteiger charge is -2.10. The maximum absolute atomic E-state index is 14.2. The van der Waals surface area contributed by atoms with Crippen LogP contribution in [0.4, 0.5) is 8.78 Å². The van der Waals surface area contributed by atoms with Gasteiger partial charge in [-0.2, -0.15) is 0 Å². The quantitative estimate of drug-likeness (QED) is 0.560. The average Bonchev–Trinajstić information content (AvgIpc) is 2.93. The van der Waals surface area contributed by atoms with Crippen molar-refractivity contribution in [2.45, 2.75) is 6.54 Å². The molecule has 1 aromatic heterocycles. The molecule has 0 spiro atoms. The first-order valence-corrected chi connectivity index (χ1v) is 8.20. The second kappa shape index (κ2) is 6.11. The Labute approximate surface area is 152 Å². The molecule has 3 nitrogen and oxygen atoms in total. The summed E-state index contributed by atoms with van der Waals surface area (Å²) in [5, 5.41) is 1.62. The third kappa shape index (κ3) is 2.52. The number of benzene rings is 3. The lowest BCUT2D eigenvalue weighted by Crippen LogP contribution is -2.11. The van der Waals surface area contributed by atoms with E-state index in [-0.39, 0.29) is 12.1 Å². The normalized spacial score (nSPS) is 11.3. The summed E-state index contributed by atoms with van der Waals surface area (Å²) < 4.78 is 29.5. The highest BCUT2D eigenvalue weighted by Crippen LogP contribution is 2.35. The van der Waals surface area contributed by atoms with Crippen molar-refractivity contribution in [2.24, 2.45) is 5.73 Å². The summed E-state index contributed by atoms with van der Waals surface area (Å²) in [6, 6.07) is 14.8. The molecule has 0 aliphatic carbocycles. The van der Waals surface area contributed by atoms with Gasteiger partial charge in [-0.05, 0) is 42.5 Å². The fourth-order valence-corrected chi connectivity index (χ4v) is 3.53. The van der Waals surface area contributed by atoms with Crippen LogP contribution in [-0.2, 0) is 6.54 Å². The molecule has 0 fully saturated rings. The van der Waals surface area contributed by atoms with E-state index in [0.29, 0.717) is 32.4 Å².